The number of hydrogen-bond acceptors (Lipinski definition) is 3. The molecule has 1 heterocycles. The van der Waals surface area contributed by atoms with Crippen molar-refractivity contribution in [3.05, 3.63) is 23.8 Å². The standard InChI is InChI=1S/C11H12F2N2OS/c12-7-3-8(13)10(4-9(7)14)15-11(16)6-1-2-17-5-6/h3-4,6H,1-2,5,14H2,(H,15,16). The Morgan fingerprint density at radius 1 is 1.41 bits per heavy atom. The first kappa shape index (κ1) is 12.2. The number of amides is 1. The average Bonchev–Trinajstić information content (AvgIpc) is 2.79. The van der Waals surface area contributed by atoms with Gasteiger partial charge in [0.15, 0.2) is 0 Å². The Morgan fingerprint density at radius 2 is 2.18 bits per heavy atom. The van der Waals surface area contributed by atoms with Crippen LogP contribution in [0.25, 0.3) is 0 Å². The lowest BCUT2D eigenvalue weighted by molar-refractivity contribution is -0.119. The maximum Gasteiger partial charge on any atom is 0.228 e. The molecule has 17 heavy (non-hydrogen) atoms. The van der Waals surface area contributed by atoms with Crippen LogP contribution in [0.2, 0.25) is 0 Å². The van der Waals surface area contributed by atoms with Crippen LogP contribution in [0, 0.1) is 17.6 Å². The highest BCUT2D eigenvalue weighted by molar-refractivity contribution is 7.99. The molecule has 1 fully saturated rings. The van der Waals surface area contributed by atoms with Crippen molar-refractivity contribution in [3.8, 4) is 0 Å². The normalized spacial score (nSPS) is 19.3. The topological polar surface area (TPSA) is 55.1 Å². The second-order valence-electron chi connectivity index (χ2n) is 3.90. The van der Waals surface area contributed by atoms with Crippen LogP contribution >= 0.6 is 11.8 Å². The zero-order valence-corrected chi connectivity index (χ0v) is 9.82. The molecule has 1 aromatic carbocycles. The van der Waals surface area contributed by atoms with Crippen LogP contribution in [0.5, 0.6) is 0 Å². The Labute approximate surface area is 102 Å². The van der Waals surface area contributed by atoms with Gasteiger partial charge in [0.1, 0.15) is 11.6 Å². The Bertz CT molecular complexity index is 447. The van der Waals surface area contributed by atoms with Gasteiger partial charge in [0, 0.05) is 17.7 Å². The fourth-order valence-electron chi connectivity index (χ4n) is 1.64. The van der Waals surface area contributed by atoms with Crippen LogP contribution in [0.4, 0.5) is 20.2 Å². The first-order valence-corrected chi connectivity index (χ1v) is 6.36. The largest absolute Gasteiger partial charge is 0.396 e. The van der Waals surface area contributed by atoms with E-state index in [-0.39, 0.29) is 23.2 Å². The van der Waals surface area contributed by atoms with Crippen molar-refractivity contribution >= 4 is 29.0 Å². The van der Waals surface area contributed by atoms with Gasteiger partial charge in [-0.1, -0.05) is 0 Å². The average molecular weight is 258 g/mol. The van der Waals surface area contributed by atoms with Crippen molar-refractivity contribution in [2.75, 3.05) is 22.6 Å². The molecule has 0 radical (unpaired) electrons. The van der Waals surface area contributed by atoms with Gasteiger partial charge in [-0.05, 0) is 18.2 Å². The van der Waals surface area contributed by atoms with Crippen molar-refractivity contribution in [1.29, 1.82) is 0 Å². The van der Waals surface area contributed by atoms with Crippen LogP contribution in [-0.4, -0.2) is 17.4 Å². The van der Waals surface area contributed by atoms with E-state index in [2.05, 4.69) is 5.32 Å². The summed E-state index contributed by atoms with van der Waals surface area (Å²) in [5.74, 6) is -0.297. The first-order valence-electron chi connectivity index (χ1n) is 5.21. The van der Waals surface area contributed by atoms with Crippen LogP contribution < -0.4 is 11.1 Å². The van der Waals surface area contributed by atoms with Gasteiger partial charge in [0.25, 0.3) is 0 Å². The molecular formula is C11H12F2N2OS. The van der Waals surface area contributed by atoms with E-state index in [9.17, 15) is 13.6 Å². The summed E-state index contributed by atoms with van der Waals surface area (Å²) in [7, 11) is 0. The van der Waals surface area contributed by atoms with E-state index in [0.717, 1.165) is 24.0 Å². The van der Waals surface area contributed by atoms with Crippen LogP contribution in [0.3, 0.4) is 0 Å². The molecule has 1 unspecified atom stereocenters. The number of nitrogens with two attached hydrogens (primary N) is 1. The number of nitrogens with one attached hydrogen (secondary N) is 1. The molecule has 1 amide bonds. The molecule has 2 rings (SSSR count). The van der Waals surface area contributed by atoms with E-state index >= 15 is 0 Å². The SMILES string of the molecule is Nc1cc(NC(=O)C2CCSC2)c(F)cc1F. The number of carbonyl (C=O) groups excluding carboxylic acids is 1. The molecule has 1 saturated heterocycles. The minimum atomic E-state index is -0.822. The molecular weight excluding hydrogens is 246 g/mol. The molecule has 92 valence electrons. The second kappa shape index (κ2) is 4.91. The van der Waals surface area contributed by atoms with Gasteiger partial charge in [-0.15, -0.1) is 0 Å². The maximum atomic E-state index is 13.4. The number of nitrogen functional groups attached to an aromatic ring is 1. The third kappa shape index (κ3) is 2.69. The molecule has 6 heteroatoms. The minimum Gasteiger partial charge on any atom is -0.396 e. The van der Waals surface area contributed by atoms with E-state index < -0.39 is 11.6 Å². The lowest BCUT2D eigenvalue weighted by Crippen LogP contribution is -2.23. The van der Waals surface area contributed by atoms with Crippen molar-refractivity contribution in [1.82, 2.24) is 0 Å². The fraction of sp³-hybridized carbons (Fsp3) is 0.364. The molecule has 1 atom stereocenters. The summed E-state index contributed by atoms with van der Waals surface area (Å²) < 4.78 is 26.3. The monoisotopic (exact) mass is 258 g/mol. The second-order valence-corrected chi connectivity index (χ2v) is 5.05. The molecule has 0 saturated carbocycles. The van der Waals surface area contributed by atoms with Crippen molar-refractivity contribution in [2.45, 2.75) is 6.42 Å². The van der Waals surface area contributed by atoms with Crippen molar-refractivity contribution < 1.29 is 13.6 Å². The lowest BCUT2D eigenvalue weighted by Gasteiger charge is -2.11. The number of benzene rings is 1. The molecule has 1 aliphatic heterocycles. The van der Waals surface area contributed by atoms with Crippen LogP contribution in [0.15, 0.2) is 12.1 Å². The van der Waals surface area contributed by atoms with Gasteiger partial charge in [0.2, 0.25) is 5.91 Å². The van der Waals surface area contributed by atoms with Crippen LogP contribution in [0.1, 0.15) is 6.42 Å². The van der Waals surface area contributed by atoms with E-state index in [4.69, 9.17) is 5.73 Å². The number of thioether (sulfide) groups is 1. The molecule has 3 N–H and O–H groups in total. The predicted molar refractivity (Wildman–Crippen MR) is 64.8 cm³/mol. The number of halogens is 2. The zero-order valence-electron chi connectivity index (χ0n) is 9.00. The number of anilines is 2. The van der Waals surface area contributed by atoms with Crippen molar-refractivity contribution in [2.24, 2.45) is 5.92 Å². The molecule has 1 aliphatic rings. The molecule has 3 nitrogen and oxygen atoms in total. The molecule has 1 aromatic rings. The first-order chi connectivity index (χ1) is 8.08. The zero-order chi connectivity index (χ0) is 12.4. The predicted octanol–water partition coefficient (Wildman–Crippen LogP) is 2.24. The molecule has 0 spiro atoms. The number of carbonyl (C=O) groups is 1. The molecule has 0 bridgehead atoms. The van der Waals surface area contributed by atoms with Gasteiger partial charge >= 0.3 is 0 Å². The Morgan fingerprint density at radius 3 is 2.82 bits per heavy atom. The summed E-state index contributed by atoms with van der Waals surface area (Å²) in [5, 5.41) is 2.45. The highest BCUT2D eigenvalue weighted by Crippen LogP contribution is 2.26. The highest BCUT2D eigenvalue weighted by Gasteiger charge is 2.24. The summed E-state index contributed by atoms with van der Waals surface area (Å²) in [6.45, 7) is 0. The smallest absolute Gasteiger partial charge is 0.228 e. The van der Waals surface area contributed by atoms with Gasteiger partial charge in [-0.2, -0.15) is 11.8 Å². The number of rotatable bonds is 2. The van der Waals surface area contributed by atoms with E-state index in [1.165, 1.54) is 0 Å². The molecule has 0 aliphatic carbocycles. The number of hydrogen-bond donors (Lipinski definition) is 2. The van der Waals surface area contributed by atoms with Crippen LogP contribution in [-0.2, 0) is 4.79 Å². The minimum absolute atomic E-state index is 0.0641. The van der Waals surface area contributed by atoms with Gasteiger partial charge < -0.3 is 11.1 Å². The van der Waals surface area contributed by atoms with Gasteiger partial charge in [0.05, 0.1) is 11.4 Å². The lowest BCUT2D eigenvalue weighted by atomic mass is 10.1. The van der Waals surface area contributed by atoms with Gasteiger partial charge in [-0.3, -0.25) is 4.79 Å². The summed E-state index contributed by atoms with van der Waals surface area (Å²) in [4.78, 5) is 11.7. The third-order valence-electron chi connectivity index (χ3n) is 2.64. The highest BCUT2D eigenvalue weighted by atomic mass is 32.2. The maximum absolute atomic E-state index is 13.4. The summed E-state index contributed by atoms with van der Waals surface area (Å²) in [5.41, 5.74) is 5.08. The summed E-state index contributed by atoms with van der Waals surface area (Å²) in [6.07, 6.45) is 0.787. The van der Waals surface area contributed by atoms with E-state index in [1.807, 2.05) is 0 Å². The quantitative estimate of drug-likeness (QED) is 0.800. The Balaban J connectivity index is 2.12. The summed E-state index contributed by atoms with van der Waals surface area (Å²) in [6, 6.07) is 1.78. The third-order valence-corrected chi connectivity index (χ3v) is 3.81. The van der Waals surface area contributed by atoms with Gasteiger partial charge in [-0.25, -0.2) is 8.78 Å². The summed E-state index contributed by atoms with van der Waals surface area (Å²) >= 11 is 1.69. The van der Waals surface area contributed by atoms with Crippen molar-refractivity contribution in [3.63, 3.8) is 0 Å². The Hall–Kier alpha value is -1.30. The fourth-order valence-corrected chi connectivity index (χ4v) is 2.86. The van der Waals surface area contributed by atoms with E-state index in [0.29, 0.717) is 6.07 Å². The molecule has 0 aromatic heterocycles. The van der Waals surface area contributed by atoms with E-state index in [1.54, 1.807) is 11.8 Å². The Kier molecular flexibility index (Phi) is 3.51.